The summed E-state index contributed by atoms with van der Waals surface area (Å²) in [6, 6.07) is -0.452. The lowest BCUT2D eigenvalue weighted by Crippen LogP contribution is -2.69. The maximum absolute atomic E-state index is 12.7. The minimum Gasteiger partial charge on any atom is -0.342 e. The van der Waals surface area contributed by atoms with E-state index in [0.29, 0.717) is 6.54 Å². The Hall–Kier alpha value is -1.85. The summed E-state index contributed by atoms with van der Waals surface area (Å²) in [4.78, 5) is 26.7. The van der Waals surface area contributed by atoms with E-state index < -0.39 is 11.6 Å². The summed E-state index contributed by atoms with van der Waals surface area (Å²) >= 11 is 0. The number of nitrogens with one attached hydrogen (secondary N) is 1. The van der Waals surface area contributed by atoms with Gasteiger partial charge in [-0.25, -0.2) is 0 Å². The molecule has 0 aliphatic carbocycles. The number of aromatic nitrogens is 2. The van der Waals surface area contributed by atoms with Crippen LogP contribution in [0.3, 0.4) is 0 Å². The van der Waals surface area contributed by atoms with Gasteiger partial charge in [0.2, 0.25) is 11.8 Å². The Kier molecular flexibility index (Phi) is 4.07. The second-order valence-corrected chi connectivity index (χ2v) is 6.38. The van der Waals surface area contributed by atoms with Crippen molar-refractivity contribution in [3.8, 4) is 0 Å². The highest BCUT2D eigenvalue weighted by molar-refractivity contribution is 5.99. The molecule has 0 bridgehead atoms. The van der Waals surface area contributed by atoms with Gasteiger partial charge in [0.15, 0.2) is 0 Å². The van der Waals surface area contributed by atoms with E-state index in [-0.39, 0.29) is 17.7 Å². The Morgan fingerprint density at radius 1 is 1.38 bits per heavy atom. The van der Waals surface area contributed by atoms with Crippen LogP contribution in [0.15, 0.2) is 12.4 Å². The van der Waals surface area contributed by atoms with E-state index in [2.05, 4.69) is 10.4 Å². The molecular weight excluding hydrogens is 268 g/mol. The fourth-order valence-corrected chi connectivity index (χ4v) is 2.52. The lowest BCUT2D eigenvalue weighted by Gasteiger charge is -2.45. The third-order valence-electron chi connectivity index (χ3n) is 4.07. The quantitative estimate of drug-likeness (QED) is 0.905. The Bertz CT molecular complexity index is 548. The molecule has 2 heterocycles. The molecule has 0 radical (unpaired) electrons. The smallest absolute Gasteiger partial charge is 0.246 e. The van der Waals surface area contributed by atoms with E-state index in [1.165, 1.54) is 0 Å². The van der Waals surface area contributed by atoms with Gasteiger partial charge in [-0.1, -0.05) is 13.8 Å². The number of hydrogen-bond acceptors (Lipinski definition) is 3. The molecule has 1 saturated heterocycles. The standard InChI is InChI=1S/C15H24N4O2/c1-6-18-8-11(7-16-18)9-19-13(20)12(10(2)3)17-14(21)15(19,4)5/h7-8,10,12H,6,9H2,1-5H3,(H,17,21). The molecule has 2 rings (SSSR count). The van der Waals surface area contributed by atoms with Crippen molar-refractivity contribution in [2.24, 2.45) is 5.92 Å². The highest BCUT2D eigenvalue weighted by Gasteiger charge is 2.46. The molecule has 1 unspecified atom stereocenters. The van der Waals surface area contributed by atoms with Crippen LogP contribution >= 0.6 is 0 Å². The molecule has 1 atom stereocenters. The molecule has 21 heavy (non-hydrogen) atoms. The molecule has 2 amide bonds. The van der Waals surface area contributed by atoms with Crippen molar-refractivity contribution < 1.29 is 9.59 Å². The van der Waals surface area contributed by atoms with Gasteiger partial charge in [-0.2, -0.15) is 5.10 Å². The molecular formula is C15H24N4O2. The largest absolute Gasteiger partial charge is 0.342 e. The lowest BCUT2D eigenvalue weighted by atomic mass is 9.91. The van der Waals surface area contributed by atoms with Gasteiger partial charge in [-0.05, 0) is 26.7 Å². The molecule has 1 N–H and O–H groups in total. The van der Waals surface area contributed by atoms with Crippen molar-refractivity contribution in [1.29, 1.82) is 0 Å². The number of nitrogens with zero attached hydrogens (tertiary/aromatic N) is 3. The number of aryl methyl sites for hydroxylation is 1. The molecule has 1 aliphatic rings. The van der Waals surface area contributed by atoms with Gasteiger partial charge < -0.3 is 10.2 Å². The van der Waals surface area contributed by atoms with Crippen molar-refractivity contribution in [3.63, 3.8) is 0 Å². The van der Waals surface area contributed by atoms with Crippen LogP contribution in [-0.4, -0.2) is 38.1 Å². The average molecular weight is 292 g/mol. The van der Waals surface area contributed by atoms with Crippen molar-refractivity contribution in [3.05, 3.63) is 18.0 Å². The van der Waals surface area contributed by atoms with E-state index in [9.17, 15) is 9.59 Å². The van der Waals surface area contributed by atoms with Gasteiger partial charge in [-0.15, -0.1) is 0 Å². The summed E-state index contributed by atoms with van der Waals surface area (Å²) < 4.78 is 1.82. The van der Waals surface area contributed by atoms with E-state index >= 15 is 0 Å². The summed E-state index contributed by atoms with van der Waals surface area (Å²) in [5, 5.41) is 7.06. The third kappa shape index (κ3) is 2.80. The number of carbonyl (C=O) groups is 2. The summed E-state index contributed by atoms with van der Waals surface area (Å²) in [5.74, 6) is -0.0686. The average Bonchev–Trinajstić information content (AvgIpc) is 2.86. The Morgan fingerprint density at radius 2 is 2.05 bits per heavy atom. The number of piperazine rings is 1. The minimum atomic E-state index is -0.850. The molecule has 0 saturated carbocycles. The van der Waals surface area contributed by atoms with Crippen molar-refractivity contribution in [1.82, 2.24) is 20.0 Å². The summed E-state index contributed by atoms with van der Waals surface area (Å²) in [6.45, 7) is 10.6. The van der Waals surface area contributed by atoms with Crippen LogP contribution in [0.25, 0.3) is 0 Å². The molecule has 1 aromatic rings. The van der Waals surface area contributed by atoms with Crippen LogP contribution in [0, 0.1) is 5.92 Å². The minimum absolute atomic E-state index is 0.0288. The van der Waals surface area contributed by atoms with E-state index in [0.717, 1.165) is 12.1 Å². The molecule has 116 valence electrons. The number of rotatable bonds is 4. The number of hydrogen-bond donors (Lipinski definition) is 1. The molecule has 0 aromatic carbocycles. The van der Waals surface area contributed by atoms with E-state index in [4.69, 9.17) is 0 Å². The first kappa shape index (κ1) is 15.5. The Morgan fingerprint density at radius 3 is 2.57 bits per heavy atom. The maximum Gasteiger partial charge on any atom is 0.246 e. The van der Waals surface area contributed by atoms with Crippen LogP contribution in [-0.2, 0) is 22.7 Å². The first-order chi connectivity index (χ1) is 9.77. The molecule has 1 fully saturated rings. The summed E-state index contributed by atoms with van der Waals surface area (Å²) in [5.41, 5.74) is 0.0899. The zero-order valence-electron chi connectivity index (χ0n) is 13.4. The summed E-state index contributed by atoms with van der Waals surface area (Å²) in [7, 11) is 0. The molecule has 6 heteroatoms. The first-order valence-corrected chi connectivity index (χ1v) is 7.41. The fraction of sp³-hybridized carbons (Fsp3) is 0.667. The molecule has 1 aromatic heterocycles. The van der Waals surface area contributed by atoms with Gasteiger partial charge in [0.05, 0.1) is 6.20 Å². The first-order valence-electron chi connectivity index (χ1n) is 7.41. The van der Waals surface area contributed by atoms with Crippen LogP contribution in [0.5, 0.6) is 0 Å². The van der Waals surface area contributed by atoms with Crippen molar-refractivity contribution in [2.45, 2.75) is 59.3 Å². The second-order valence-electron chi connectivity index (χ2n) is 6.38. The SMILES string of the molecule is CCn1cc(CN2C(=O)C(C(C)C)NC(=O)C2(C)C)cn1. The topological polar surface area (TPSA) is 67.2 Å². The Balaban J connectivity index is 2.27. The normalized spacial score (nSPS) is 21.8. The predicted molar refractivity (Wildman–Crippen MR) is 79.3 cm³/mol. The monoisotopic (exact) mass is 292 g/mol. The highest BCUT2D eigenvalue weighted by Crippen LogP contribution is 2.25. The Labute approximate surface area is 125 Å². The molecule has 0 spiro atoms. The van der Waals surface area contributed by atoms with Crippen LogP contribution < -0.4 is 5.32 Å². The maximum atomic E-state index is 12.7. The highest BCUT2D eigenvalue weighted by atomic mass is 16.2. The van der Waals surface area contributed by atoms with Gasteiger partial charge in [0.25, 0.3) is 0 Å². The third-order valence-corrected chi connectivity index (χ3v) is 4.07. The molecule has 6 nitrogen and oxygen atoms in total. The van der Waals surface area contributed by atoms with Gasteiger partial charge >= 0.3 is 0 Å². The van der Waals surface area contributed by atoms with Crippen molar-refractivity contribution in [2.75, 3.05) is 0 Å². The zero-order chi connectivity index (χ0) is 15.8. The fourth-order valence-electron chi connectivity index (χ4n) is 2.52. The van der Waals surface area contributed by atoms with E-state index in [1.54, 1.807) is 24.9 Å². The van der Waals surface area contributed by atoms with E-state index in [1.807, 2.05) is 31.6 Å². The zero-order valence-corrected chi connectivity index (χ0v) is 13.4. The van der Waals surface area contributed by atoms with Crippen LogP contribution in [0.4, 0.5) is 0 Å². The van der Waals surface area contributed by atoms with Crippen LogP contribution in [0.1, 0.15) is 40.2 Å². The lowest BCUT2D eigenvalue weighted by molar-refractivity contribution is -0.157. The van der Waals surface area contributed by atoms with Crippen LogP contribution in [0.2, 0.25) is 0 Å². The predicted octanol–water partition coefficient (Wildman–Crippen LogP) is 1.16. The van der Waals surface area contributed by atoms with Gasteiger partial charge in [-0.3, -0.25) is 14.3 Å². The molecule has 1 aliphatic heterocycles. The number of carbonyl (C=O) groups excluding carboxylic acids is 2. The van der Waals surface area contributed by atoms with Gasteiger partial charge in [0.1, 0.15) is 11.6 Å². The second kappa shape index (κ2) is 5.50. The number of amides is 2. The summed E-state index contributed by atoms with van der Waals surface area (Å²) in [6.07, 6.45) is 3.67. The van der Waals surface area contributed by atoms with Gasteiger partial charge in [0, 0.05) is 24.8 Å². The van der Waals surface area contributed by atoms with Crippen molar-refractivity contribution >= 4 is 11.8 Å².